The minimum Gasteiger partial charge on any atom is -0.463 e. The molecule has 8 aromatic rings. The first-order valence-electron chi connectivity index (χ1n) is 29.0. The van der Waals surface area contributed by atoms with Gasteiger partial charge in [0.25, 0.3) is 0 Å². The van der Waals surface area contributed by atoms with E-state index in [0.717, 1.165) is 104 Å². The number of rotatable bonds is 32. The normalized spacial score (nSPS) is 11.7. The van der Waals surface area contributed by atoms with Gasteiger partial charge in [-0.3, -0.25) is 0 Å². The van der Waals surface area contributed by atoms with E-state index in [0.29, 0.717) is 6.61 Å². The van der Waals surface area contributed by atoms with Crippen LogP contribution in [0.4, 0.5) is 32.8 Å². The molecule has 6 aromatic carbocycles. The van der Waals surface area contributed by atoms with Crippen molar-refractivity contribution < 1.29 is 19.1 Å². The Morgan fingerprint density at radius 3 is 1.23 bits per heavy atom. The Labute approximate surface area is 473 Å². The number of fused-ring (bicyclic) bond motifs is 2. The molecule has 0 spiro atoms. The average Bonchev–Trinajstić information content (AvgIpc) is 4.28. The molecule has 6 nitrogen and oxygen atoms in total. The number of thiophene rings is 2. The van der Waals surface area contributed by atoms with Gasteiger partial charge in [0.2, 0.25) is 0 Å². The largest absolute Gasteiger partial charge is 0.463 e. The van der Waals surface area contributed by atoms with Crippen LogP contribution < -0.4 is 9.80 Å². The summed E-state index contributed by atoms with van der Waals surface area (Å²) in [5.41, 5.74) is 9.45. The van der Waals surface area contributed by atoms with Gasteiger partial charge in [0.05, 0.1) is 16.4 Å². The lowest BCUT2D eigenvalue weighted by atomic mass is 10.0. The highest BCUT2D eigenvalue weighted by molar-refractivity contribution is 7.28. The fraction of sp³-hybridized carbons (Fsp3) is 0.343. The zero-order valence-corrected chi connectivity index (χ0v) is 48.1. The second-order valence-corrected chi connectivity index (χ2v) is 22.6. The van der Waals surface area contributed by atoms with Crippen LogP contribution in [0.2, 0.25) is 0 Å². The molecule has 0 aliphatic heterocycles. The highest BCUT2D eigenvalue weighted by atomic mass is 32.1. The molecule has 2 aromatic heterocycles. The van der Waals surface area contributed by atoms with E-state index in [1.807, 2.05) is 22.7 Å². The third-order valence-corrected chi connectivity index (χ3v) is 17.4. The molecule has 8 heteroatoms. The molecule has 1 atom stereocenters. The number of aryl methyl sites for hydroxylation is 3. The van der Waals surface area contributed by atoms with E-state index >= 15 is 0 Å². The van der Waals surface area contributed by atoms with Crippen molar-refractivity contribution in [2.75, 3.05) is 16.4 Å². The predicted octanol–water partition coefficient (Wildman–Crippen LogP) is 21.2. The second-order valence-electron chi connectivity index (χ2n) is 20.6. The van der Waals surface area contributed by atoms with Gasteiger partial charge >= 0.3 is 11.9 Å². The first-order chi connectivity index (χ1) is 38.3. The molecule has 0 aliphatic rings. The van der Waals surface area contributed by atoms with Crippen LogP contribution in [0.5, 0.6) is 0 Å². The van der Waals surface area contributed by atoms with Crippen molar-refractivity contribution in [3.05, 3.63) is 193 Å². The summed E-state index contributed by atoms with van der Waals surface area (Å²) in [6.07, 6.45) is 23.2. The number of nitrogens with zero attached hydrogens (tertiary/aromatic N) is 2. The molecule has 0 N–H and O–H groups in total. The van der Waals surface area contributed by atoms with Crippen molar-refractivity contribution in [1.82, 2.24) is 0 Å². The highest BCUT2D eigenvalue weighted by Gasteiger charge is 2.27. The Morgan fingerprint density at radius 1 is 0.449 bits per heavy atom. The Kier molecular flexibility index (Phi) is 22.0. The maximum atomic E-state index is 12.6. The van der Waals surface area contributed by atoms with E-state index in [1.54, 1.807) is 0 Å². The number of anilines is 6. The molecule has 0 saturated carbocycles. The Balaban J connectivity index is 1.19. The van der Waals surface area contributed by atoms with Crippen LogP contribution in [-0.2, 0) is 38.3 Å². The molecule has 8 rings (SSSR count). The van der Waals surface area contributed by atoms with Crippen LogP contribution >= 0.6 is 22.7 Å². The quantitative estimate of drug-likeness (QED) is 0.0238. The number of carbonyl (C=O) groups excluding carboxylic acids is 2. The van der Waals surface area contributed by atoms with Crippen LogP contribution in [0.1, 0.15) is 152 Å². The van der Waals surface area contributed by atoms with E-state index < -0.39 is 5.97 Å². The summed E-state index contributed by atoms with van der Waals surface area (Å²) >= 11 is 3.73. The van der Waals surface area contributed by atoms with Crippen LogP contribution in [0.25, 0.3) is 31.3 Å². The van der Waals surface area contributed by atoms with Crippen molar-refractivity contribution in [1.29, 1.82) is 0 Å². The molecule has 0 fully saturated rings. The molecule has 0 amide bonds. The molecular weight excluding hydrogens is 997 g/mol. The van der Waals surface area contributed by atoms with Gasteiger partial charge < -0.3 is 19.3 Å². The zero-order valence-electron chi connectivity index (χ0n) is 46.5. The maximum Gasteiger partial charge on any atom is 0.330 e. The van der Waals surface area contributed by atoms with Crippen molar-refractivity contribution in [3.8, 4) is 9.75 Å². The lowest BCUT2D eigenvalue weighted by Gasteiger charge is -2.25. The summed E-state index contributed by atoms with van der Waals surface area (Å²) < 4.78 is 11.2. The molecule has 1 unspecified atom stereocenters. The number of esters is 2. The molecule has 406 valence electrons. The first-order valence-corrected chi connectivity index (χ1v) is 30.6. The average molecular weight is 1080 g/mol. The summed E-state index contributed by atoms with van der Waals surface area (Å²) in [6, 6.07) is 54.2. The maximum absolute atomic E-state index is 12.6. The van der Waals surface area contributed by atoms with Crippen molar-refractivity contribution in [2.24, 2.45) is 0 Å². The van der Waals surface area contributed by atoms with Crippen LogP contribution in [-0.4, -0.2) is 18.5 Å². The Bertz CT molecular complexity index is 3150. The third-order valence-electron chi connectivity index (χ3n) is 14.8. The molecule has 0 radical (unpaired) electrons. The Morgan fingerprint density at radius 2 is 0.821 bits per heavy atom. The van der Waals surface area contributed by atoms with Gasteiger partial charge in [0, 0.05) is 56.4 Å². The number of benzene rings is 6. The van der Waals surface area contributed by atoms with Gasteiger partial charge in [0.15, 0.2) is 0 Å². The Hall–Kier alpha value is -6.74. The molecule has 0 aliphatic carbocycles. The lowest BCUT2D eigenvalue weighted by molar-refractivity contribution is -0.143. The van der Waals surface area contributed by atoms with Crippen molar-refractivity contribution in [3.63, 3.8) is 0 Å². The van der Waals surface area contributed by atoms with Crippen LogP contribution in [0.3, 0.4) is 0 Å². The predicted molar refractivity (Wildman–Crippen MR) is 334 cm³/mol. The molecular formula is C70H80N2O4S2. The lowest BCUT2D eigenvalue weighted by Crippen LogP contribution is -2.11. The summed E-state index contributed by atoms with van der Waals surface area (Å²) in [5.74, 6) is -0.749. The van der Waals surface area contributed by atoms with Gasteiger partial charge in [-0.05, 0) is 129 Å². The van der Waals surface area contributed by atoms with Crippen LogP contribution in [0, 0.1) is 0 Å². The minimum atomic E-state index is -0.396. The number of ether oxygens (including phenoxy) is 2. The number of carbonyl (C=O) groups is 2. The standard InChI is InChI=1S/C70H80N2O4S2/c1-6-11-14-19-27-52-35-43-56(44-36-52)71(57-45-39-54(40-46-57)29-21-16-17-26-51-75-65(73)9-4)69-62-32-24-22-30-60(62)67(77-69)68-61-31-23-25-33-63(61)70(78-68)72(58-47-37-53(38-48-58)28-20-15-12-7-2)59-49-41-55(42-50-59)64(34-18-13-8-3)76-66(74)10-5/h9-10,22-25,30-33,35-50,64H,4-8,11-21,26-29,34,51H2,1-3H3. The molecule has 78 heavy (non-hydrogen) atoms. The van der Waals surface area contributed by atoms with Gasteiger partial charge in [-0.15, -0.1) is 22.7 Å². The van der Waals surface area contributed by atoms with E-state index in [4.69, 9.17) is 9.47 Å². The topological polar surface area (TPSA) is 59.1 Å². The number of hydrogen-bond donors (Lipinski definition) is 0. The minimum absolute atomic E-state index is 0.345. The van der Waals surface area contributed by atoms with E-state index in [9.17, 15) is 9.59 Å². The molecule has 0 saturated heterocycles. The van der Waals surface area contributed by atoms with Crippen molar-refractivity contribution >= 4 is 88.9 Å². The summed E-state index contributed by atoms with van der Waals surface area (Å²) in [7, 11) is 0. The zero-order chi connectivity index (χ0) is 54.5. The van der Waals surface area contributed by atoms with E-state index in [-0.39, 0.29) is 12.1 Å². The van der Waals surface area contributed by atoms with Gasteiger partial charge in [-0.1, -0.05) is 195 Å². The molecule has 0 bridgehead atoms. The van der Waals surface area contributed by atoms with Gasteiger partial charge in [0.1, 0.15) is 16.1 Å². The highest BCUT2D eigenvalue weighted by Crippen LogP contribution is 2.55. The fourth-order valence-corrected chi connectivity index (χ4v) is 13.2. The fourth-order valence-electron chi connectivity index (χ4n) is 10.4. The second kappa shape index (κ2) is 29.8. The van der Waals surface area contributed by atoms with E-state index in [2.05, 4.69) is 189 Å². The monoisotopic (exact) mass is 1080 g/mol. The van der Waals surface area contributed by atoms with Crippen molar-refractivity contribution in [2.45, 2.75) is 149 Å². The van der Waals surface area contributed by atoms with Gasteiger partial charge in [-0.25, -0.2) is 9.59 Å². The first kappa shape index (κ1) is 57.4. The summed E-state index contributed by atoms with van der Waals surface area (Å²) in [5, 5.41) is 7.21. The smallest absolute Gasteiger partial charge is 0.330 e. The van der Waals surface area contributed by atoms with Crippen LogP contribution in [0.15, 0.2) is 171 Å². The SMILES string of the molecule is C=CC(=O)OCCCCCCc1ccc(N(c2ccc(CCCCCC)cc2)c2sc(-c3sc(N(c4ccc(CCCCCC)cc4)c4ccc(C(CCCCC)OC(=O)C=C)cc4)c4ccccc34)c3ccccc23)cc1. The van der Waals surface area contributed by atoms with E-state index in [1.165, 1.54) is 117 Å². The summed E-state index contributed by atoms with van der Waals surface area (Å²) in [6.45, 7) is 14.4. The summed E-state index contributed by atoms with van der Waals surface area (Å²) in [4.78, 5) is 31.5. The number of hydrogen-bond acceptors (Lipinski definition) is 8. The third kappa shape index (κ3) is 15.1. The van der Waals surface area contributed by atoms with Gasteiger partial charge in [-0.2, -0.15) is 0 Å². The molecule has 2 heterocycles. The number of unbranched alkanes of at least 4 members (excludes halogenated alkanes) is 11.